The number of carbonyl (C=O) groups excluding carboxylic acids is 1. The van der Waals surface area contributed by atoms with Crippen LogP contribution in [0.15, 0.2) is 53.4 Å². The van der Waals surface area contributed by atoms with Gasteiger partial charge in [0.15, 0.2) is 0 Å². The molecule has 0 aliphatic rings. The van der Waals surface area contributed by atoms with E-state index in [1.54, 1.807) is 31.2 Å². The normalized spacial score (nSPS) is 12.8. The quantitative estimate of drug-likeness (QED) is 0.564. The molecule has 0 amide bonds. The van der Waals surface area contributed by atoms with Crippen LogP contribution in [-0.4, -0.2) is 33.0 Å². The van der Waals surface area contributed by atoms with Gasteiger partial charge in [-0.05, 0) is 31.2 Å². The summed E-state index contributed by atoms with van der Waals surface area (Å²) in [6.07, 6.45) is -0.580. The highest BCUT2D eigenvalue weighted by atomic mass is 35.5. The Bertz CT molecular complexity index is 869. The molecule has 0 unspecified atom stereocenters. The standard InChI is InChI=1S/C17H18ClNO5S/c1-12(15-9-4-5-10-16(15)18)24-17(20)13-7-6-8-14(11-13)25(21,22)19(2)23-3/h4-12H,1-3H3/t12-/m1/s1. The van der Waals surface area contributed by atoms with Crippen LogP contribution in [0.1, 0.15) is 28.9 Å². The van der Waals surface area contributed by atoms with Gasteiger partial charge in [0.1, 0.15) is 6.10 Å². The Balaban J connectivity index is 2.24. The van der Waals surface area contributed by atoms with E-state index in [0.29, 0.717) is 15.1 Å². The van der Waals surface area contributed by atoms with Crippen LogP contribution < -0.4 is 0 Å². The second-order valence-corrected chi connectivity index (χ2v) is 7.54. The van der Waals surface area contributed by atoms with Crippen LogP contribution in [0.5, 0.6) is 0 Å². The Hall–Kier alpha value is -1.93. The Labute approximate surface area is 151 Å². The zero-order valence-corrected chi connectivity index (χ0v) is 15.5. The largest absolute Gasteiger partial charge is 0.454 e. The fraction of sp³-hybridized carbons (Fsp3) is 0.235. The monoisotopic (exact) mass is 383 g/mol. The zero-order valence-electron chi connectivity index (χ0n) is 14.0. The maximum Gasteiger partial charge on any atom is 0.338 e. The van der Waals surface area contributed by atoms with Crippen molar-refractivity contribution in [1.82, 2.24) is 4.47 Å². The van der Waals surface area contributed by atoms with E-state index in [0.717, 1.165) is 0 Å². The summed E-state index contributed by atoms with van der Waals surface area (Å²) in [5.74, 6) is -0.649. The SMILES string of the molecule is CON(C)S(=O)(=O)c1cccc(C(=O)O[C@H](C)c2ccccc2Cl)c1. The third-order valence-electron chi connectivity index (χ3n) is 3.59. The van der Waals surface area contributed by atoms with Crippen molar-refractivity contribution in [2.24, 2.45) is 0 Å². The summed E-state index contributed by atoms with van der Waals surface area (Å²) in [7, 11) is -1.35. The number of hydrogen-bond donors (Lipinski definition) is 0. The molecule has 25 heavy (non-hydrogen) atoms. The number of benzene rings is 2. The van der Waals surface area contributed by atoms with Crippen molar-refractivity contribution < 1.29 is 22.8 Å². The van der Waals surface area contributed by atoms with E-state index in [-0.39, 0.29) is 10.5 Å². The van der Waals surface area contributed by atoms with Gasteiger partial charge in [-0.3, -0.25) is 4.84 Å². The Morgan fingerprint density at radius 3 is 2.48 bits per heavy atom. The van der Waals surface area contributed by atoms with Gasteiger partial charge < -0.3 is 4.74 Å². The fourth-order valence-corrected chi connectivity index (χ4v) is 3.44. The van der Waals surface area contributed by atoms with E-state index in [1.165, 1.54) is 38.4 Å². The van der Waals surface area contributed by atoms with Crippen LogP contribution in [0.4, 0.5) is 0 Å². The number of hydroxylamine groups is 1. The number of halogens is 1. The van der Waals surface area contributed by atoms with Crippen molar-refractivity contribution >= 4 is 27.6 Å². The zero-order chi connectivity index (χ0) is 18.6. The smallest absolute Gasteiger partial charge is 0.338 e. The van der Waals surface area contributed by atoms with Crippen LogP contribution in [-0.2, 0) is 19.6 Å². The van der Waals surface area contributed by atoms with Crippen LogP contribution in [0.2, 0.25) is 5.02 Å². The molecule has 0 aromatic heterocycles. The van der Waals surface area contributed by atoms with E-state index >= 15 is 0 Å². The average Bonchev–Trinajstić information content (AvgIpc) is 2.61. The number of hydrogen-bond acceptors (Lipinski definition) is 5. The molecule has 0 aliphatic heterocycles. The first kappa shape index (κ1) is 19.4. The molecular formula is C17H18ClNO5S. The van der Waals surface area contributed by atoms with Crippen LogP contribution in [0.25, 0.3) is 0 Å². The molecule has 134 valence electrons. The summed E-state index contributed by atoms with van der Waals surface area (Å²) in [5, 5.41) is 0.487. The van der Waals surface area contributed by atoms with Gasteiger partial charge in [0.05, 0.1) is 17.6 Å². The van der Waals surface area contributed by atoms with Gasteiger partial charge in [-0.1, -0.05) is 40.3 Å². The van der Waals surface area contributed by atoms with Gasteiger partial charge in [-0.2, -0.15) is 0 Å². The Morgan fingerprint density at radius 1 is 1.16 bits per heavy atom. The number of ether oxygens (including phenoxy) is 1. The number of carbonyl (C=O) groups is 1. The van der Waals surface area contributed by atoms with Crippen molar-refractivity contribution in [3.05, 3.63) is 64.7 Å². The van der Waals surface area contributed by atoms with Crippen LogP contribution in [0, 0.1) is 0 Å². The van der Waals surface area contributed by atoms with Crippen molar-refractivity contribution in [2.45, 2.75) is 17.9 Å². The summed E-state index contributed by atoms with van der Waals surface area (Å²) in [6, 6.07) is 12.6. The van der Waals surface area contributed by atoms with E-state index in [1.807, 2.05) is 0 Å². The highest BCUT2D eigenvalue weighted by Gasteiger charge is 2.23. The summed E-state index contributed by atoms with van der Waals surface area (Å²) in [6.45, 7) is 1.69. The van der Waals surface area contributed by atoms with Gasteiger partial charge in [-0.15, -0.1) is 0 Å². The molecule has 0 fully saturated rings. The molecule has 0 spiro atoms. The summed E-state index contributed by atoms with van der Waals surface area (Å²) < 4.78 is 30.6. The molecule has 2 aromatic carbocycles. The van der Waals surface area contributed by atoms with E-state index in [2.05, 4.69) is 0 Å². The van der Waals surface area contributed by atoms with Gasteiger partial charge in [0.2, 0.25) is 0 Å². The van der Waals surface area contributed by atoms with Gasteiger partial charge in [0.25, 0.3) is 10.0 Å². The highest BCUT2D eigenvalue weighted by Crippen LogP contribution is 2.26. The number of nitrogens with zero attached hydrogens (tertiary/aromatic N) is 1. The molecule has 0 heterocycles. The van der Waals surface area contributed by atoms with Gasteiger partial charge >= 0.3 is 5.97 Å². The lowest BCUT2D eigenvalue weighted by atomic mass is 10.1. The van der Waals surface area contributed by atoms with Crippen LogP contribution in [0.3, 0.4) is 0 Å². The van der Waals surface area contributed by atoms with Crippen molar-refractivity contribution in [3.8, 4) is 0 Å². The molecule has 1 atom stereocenters. The number of esters is 1. The van der Waals surface area contributed by atoms with Crippen molar-refractivity contribution in [1.29, 1.82) is 0 Å². The minimum atomic E-state index is -3.85. The fourth-order valence-electron chi connectivity index (χ4n) is 2.13. The third-order valence-corrected chi connectivity index (χ3v) is 5.61. The molecule has 2 rings (SSSR count). The molecule has 0 bridgehead atoms. The minimum absolute atomic E-state index is 0.0725. The number of sulfonamides is 1. The first-order valence-electron chi connectivity index (χ1n) is 7.36. The lowest BCUT2D eigenvalue weighted by Crippen LogP contribution is -2.26. The van der Waals surface area contributed by atoms with Gasteiger partial charge in [0, 0.05) is 17.6 Å². The molecular weight excluding hydrogens is 366 g/mol. The predicted molar refractivity (Wildman–Crippen MR) is 93.7 cm³/mol. The molecule has 6 nitrogen and oxygen atoms in total. The second kappa shape index (κ2) is 7.97. The summed E-state index contributed by atoms with van der Waals surface area (Å²) >= 11 is 6.09. The Morgan fingerprint density at radius 2 is 1.84 bits per heavy atom. The molecule has 8 heteroatoms. The molecule has 2 aromatic rings. The number of rotatable bonds is 6. The lowest BCUT2D eigenvalue weighted by molar-refractivity contribution is -0.0258. The predicted octanol–water partition coefficient (Wildman–Crippen LogP) is 3.44. The summed E-state index contributed by atoms with van der Waals surface area (Å²) in [4.78, 5) is 17.0. The minimum Gasteiger partial charge on any atom is -0.454 e. The molecule has 0 aliphatic carbocycles. The maximum absolute atomic E-state index is 12.4. The second-order valence-electron chi connectivity index (χ2n) is 5.19. The first-order valence-corrected chi connectivity index (χ1v) is 9.17. The molecule has 0 saturated heterocycles. The van der Waals surface area contributed by atoms with E-state index in [9.17, 15) is 13.2 Å². The third kappa shape index (κ3) is 4.38. The van der Waals surface area contributed by atoms with Crippen molar-refractivity contribution in [2.75, 3.05) is 14.2 Å². The van der Waals surface area contributed by atoms with Crippen molar-refractivity contribution in [3.63, 3.8) is 0 Å². The van der Waals surface area contributed by atoms with E-state index in [4.69, 9.17) is 21.2 Å². The molecule has 0 radical (unpaired) electrons. The van der Waals surface area contributed by atoms with Crippen LogP contribution >= 0.6 is 11.6 Å². The molecule has 0 saturated carbocycles. The average molecular weight is 384 g/mol. The Kier molecular flexibility index (Phi) is 6.18. The summed E-state index contributed by atoms with van der Waals surface area (Å²) in [5.41, 5.74) is 0.782. The van der Waals surface area contributed by atoms with E-state index < -0.39 is 22.1 Å². The molecule has 0 N–H and O–H groups in total. The topological polar surface area (TPSA) is 72.9 Å². The van der Waals surface area contributed by atoms with Gasteiger partial charge in [-0.25, -0.2) is 13.2 Å². The first-order chi connectivity index (χ1) is 11.8. The highest BCUT2D eigenvalue weighted by molar-refractivity contribution is 7.89. The lowest BCUT2D eigenvalue weighted by Gasteiger charge is -2.16. The maximum atomic E-state index is 12.4.